The molecule has 0 saturated carbocycles. The quantitative estimate of drug-likeness (QED) is 0.453. The van der Waals surface area contributed by atoms with Crippen molar-refractivity contribution in [3.63, 3.8) is 0 Å². The molecule has 2 aliphatic heterocycles. The summed E-state index contributed by atoms with van der Waals surface area (Å²) in [6.45, 7) is 1.17. The summed E-state index contributed by atoms with van der Waals surface area (Å²) in [6, 6.07) is 18.0. The number of para-hydroxylation sites is 1. The summed E-state index contributed by atoms with van der Waals surface area (Å²) >= 11 is 2.95. The van der Waals surface area contributed by atoms with E-state index in [0.717, 1.165) is 40.4 Å². The Hall–Kier alpha value is -2.51. The second-order valence-corrected chi connectivity index (χ2v) is 9.41. The zero-order valence-corrected chi connectivity index (χ0v) is 18.0. The van der Waals surface area contributed by atoms with Gasteiger partial charge in [0.15, 0.2) is 5.16 Å². The van der Waals surface area contributed by atoms with Crippen LogP contribution in [0.2, 0.25) is 0 Å². The number of nitrogens with zero attached hydrogens (tertiary/aromatic N) is 3. The van der Waals surface area contributed by atoms with Gasteiger partial charge < -0.3 is 4.90 Å². The largest absolute Gasteiger partial charge is 0.311 e. The fraction of sp³-hybridized carbons (Fsp3) is 0.261. The molecule has 3 aromatic rings. The number of thioether (sulfide) groups is 2. The SMILES string of the molecule is O=C(CSc1nc2c(c(=O)n1Cc1ccccc1)SCC2)N1CCc2ccccc21. The van der Waals surface area contributed by atoms with E-state index in [1.165, 1.54) is 17.3 Å². The van der Waals surface area contributed by atoms with E-state index in [9.17, 15) is 9.59 Å². The van der Waals surface area contributed by atoms with Crippen molar-refractivity contribution < 1.29 is 4.79 Å². The van der Waals surface area contributed by atoms with Crippen molar-refractivity contribution in [2.24, 2.45) is 0 Å². The highest BCUT2D eigenvalue weighted by molar-refractivity contribution is 8.00. The molecule has 0 atom stereocenters. The lowest BCUT2D eigenvalue weighted by molar-refractivity contribution is -0.116. The van der Waals surface area contributed by atoms with E-state index in [4.69, 9.17) is 4.98 Å². The third-order valence-corrected chi connectivity index (χ3v) is 7.51. The van der Waals surface area contributed by atoms with Crippen LogP contribution < -0.4 is 10.5 Å². The molecule has 1 aromatic heterocycles. The number of aryl methyl sites for hydroxylation is 1. The van der Waals surface area contributed by atoms with Gasteiger partial charge in [-0.1, -0.05) is 60.3 Å². The van der Waals surface area contributed by atoms with Gasteiger partial charge >= 0.3 is 0 Å². The highest BCUT2D eigenvalue weighted by atomic mass is 32.2. The number of carbonyl (C=O) groups excluding carboxylic acids is 1. The van der Waals surface area contributed by atoms with Crippen LogP contribution in [0.1, 0.15) is 16.8 Å². The van der Waals surface area contributed by atoms with Crippen molar-refractivity contribution >= 4 is 35.1 Å². The summed E-state index contributed by atoms with van der Waals surface area (Å²) in [6.07, 6.45) is 1.70. The molecule has 0 N–H and O–H groups in total. The van der Waals surface area contributed by atoms with Gasteiger partial charge in [-0.2, -0.15) is 0 Å². The van der Waals surface area contributed by atoms with E-state index in [0.29, 0.717) is 18.2 Å². The van der Waals surface area contributed by atoms with Gasteiger partial charge in [0.2, 0.25) is 5.91 Å². The Kier molecular flexibility index (Phi) is 5.39. The number of hydrogen-bond acceptors (Lipinski definition) is 5. The average Bonchev–Trinajstić information content (AvgIpc) is 3.42. The number of anilines is 1. The van der Waals surface area contributed by atoms with E-state index >= 15 is 0 Å². The zero-order valence-electron chi connectivity index (χ0n) is 16.4. The molecule has 1 amide bonds. The molecule has 0 fully saturated rings. The van der Waals surface area contributed by atoms with Crippen LogP contribution in [0.4, 0.5) is 5.69 Å². The summed E-state index contributed by atoms with van der Waals surface area (Å²) in [7, 11) is 0. The Morgan fingerprint density at radius 2 is 1.87 bits per heavy atom. The second kappa shape index (κ2) is 8.32. The van der Waals surface area contributed by atoms with Gasteiger partial charge in [-0.3, -0.25) is 14.2 Å². The van der Waals surface area contributed by atoms with Gasteiger partial charge in [-0.25, -0.2) is 4.98 Å². The zero-order chi connectivity index (χ0) is 20.5. The fourth-order valence-corrected chi connectivity index (χ4v) is 5.87. The predicted molar refractivity (Wildman–Crippen MR) is 122 cm³/mol. The van der Waals surface area contributed by atoms with Gasteiger partial charge in [0.05, 0.1) is 22.9 Å². The van der Waals surface area contributed by atoms with Crippen molar-refractivity contribution in [1.29, 1.82) is 0 Å². The lowest BCUT2D eigenvalue weighted by Crippen LogP contribution is -2.31. The monoisotopic (exact) mass is 435 g/mol. The number of hydrogen-bond donors (Lipinski definition) is 0. The number of amides is 1. The van der Waals surface area contributed by atoms with Crippen molar-refractivity contribution in [2.45, 2.75) is 29.4 Å². The first kappa shape index (κ1) is 19.5. The van der Waals surface area contributed by atoms with E-state index in [1.54, 1.807) is 16.3 Å². The van der Waals surface area contributed by atoms with Gasteiger partial charge in [0, 0.05) is 24.4 Å². The summed E-state index contributed by atoms with van der Waals surface area (Å²) in [5, 5.41) is 0.630. The summed E-state index contributed by atoms with van der Waals surface area (Å²) in [5.74, 6) is 1.21. The van der Waals surface area contributed by atoms with Crippen molar-refractivity contribution in [3.8, 4) is 0 Å². The lowest BCUT2D eigenvalue weighted by Gasteiger charge is -2.18. The smallest absolute Gasteiger partial charge is 0.268 e. The van der Waals surface area contributed by atoms with E-state index in [2.05, 4.69) is 6.07 Å². The molecular formula is C23H21N3O2S2. The van der Waals surface area contributed by atoms with Crippen LogP contribution in [-0.2, 0) is 24.2 Å². The van der Waals surface area contributed by atoms with Crippen LogP contribution in [0, 0.1) is 0 Å². The molecule has 2 aliphatic rings. The minimum Gasteiger partial charge on any atom is -0.311 e. The molecule has 3 heterocycles. The van der Waals surface area contributed by atoms with Gasteiger partial charge in [0.25, 0.3) is 5.56 Å². The Morgan fingerprint density at radius 1 is 1.07 bits per heavy atom. The molecule has 5 rings (SSSR count). The Balaban J connectivity index is 1.41. The Morgan fingerprint density at radius 3 is 2.73 bits per heavy atom. The van der Waals surface area contributed by atoms with Crippen molar-refractivity contribution in [2.75, 3.05) is 23.0 Å². The molecule has 30 heavy (non-hydrogen) atoms. The van der Waals surface area contributed by atoms with Crippen LogP contribution >= 0.6 is 23.5 Å². The molecule has 0 saturated heterocycles. The molecule has 7 heteroatoms. The van der Waals surface area contributed by atoms with Crippen molar-refractivity contribution in [1.82, 2.24) is 9.55 Å². The topological polar surface area (TPSA) is 55.2 Å². The van der Waals surface area contributed by atoms with Crippen LogP contribution in [0.5, 0.6) is 0 Å². The predicted octanol–water partition coefficient (Wildman–Crippen LogP) is 3.62. The second-order valence-electron chi connectivity index (χ2n) is 7.36. The van der Waals surface area contributed by atoms with Crippen LogP contribution in [0.15, 0.2) is 69.4 Å². The third-order valence-electron chi connectivity index (χ3n) is 5.44. The number of carbonyl (C=O) groups is 1. The fourth-order valence-electron chi connectivity index (χ4n) is 3.94. The van der Waals surface area contributed by atoms with Gasteiger partial charge in [-0.05, 0) is 23.6 Å². The van der Waals surface area contributed by atoms with Crippen LogP contribution in [-0.4, -0.2) is 33.5 Å². The molecule has 0 unspecified atom stereocenters. The maximum absolute atomic E-state index is 13.1. The highest BCUT2D eigenvalue weighted by Gasteiger charge is 2.26. The minimum absolute atomic E-state index is 0.00724. The van der Waals surface area contributed by atoms with E-state index in [1.807, 2.05) is 53.4 Å². The lowest BCUT2D eigenvalue weighted by atomic mass is 10.2. The number of benzene rings is 2. The first-order valence-corrected chi connectivity index (χ1v) is 12.0. The summed E-state index contributed by atoms with van der Waals surface area (Å²) in [4.78, 5) is 33.5. The first-order valence-electron chi connectivity index (χ1n) is 10.0. The average molecular weight is 436 g/mol. The third kappa shape index (κ3) is 3.68. The molecular weight excluding hydrogens is 414 g/mol. The minimum atomic E-state index is 0.00724. The van der Waals surface area contributed by atoms with Crippen molar-refractivity contribution in [3.05, 3.63) is 81.8 Å². The van der Waals surface area contributed by atoms with Crippen LogP contribution in [0.3, 0.4) is 0 Å². The molecule has 0 radical (unpaired) electrons. The highest BCUT2D eigenvalue weighted by Crippen LogP contribution is 2.31. The normalized spacial score (nSPS) is 14.6. The molecule has 152 valence electrons. The maximum atomic E-state index is 13.1. The number of fused-ring (bicyclic) bond motifs is 2. The summed E-state index contributed by atoms with van der Waals surface area (Å²) in [5.41, 5.74) is 4.14. The van der Waals surface area contributed by atoms with E-state index in [-0.39, 0.29) is 17.2 Å². The molecule has 0 aliphatic carbocycles. The molecule has 0 bridgehead atoms. The first-order chi connectivity index (χ1) is 14.7. The maximum Gasteiger partial charge on any atom is 0.268 e. The Bertz CT molecular complexity index is 1160. The summed E-state index contributed by atoms with van der Waals surface area (Å²) < 4.78 is 1.72. The van der Waals surface area contributed by atoms with E-state index < -0.39 is 0 Å². The molecule has 5 nitrogen and oxygen atoms in total. The number of rotatable bonds is 5. The molecule has 2 aromatic carbocycles. The van der Waals surface area contributed by atoms with Gasteiger partial charge in [-0.15, -0.1) is 11.8 Å². The van der Waals surface area contributed by atoms with Gasteiger partial charge in [0.1, 0.15) is 0 Å². The van der Waals surface area contributed by atoms with Crippen LogP contribution in [0.25, 0.3) is 0 Å². The number of aromatic nitrogens is 2. The Labute approximate surface area is 183 Å². The molecule has 0 spiro atoms. The standard InChI is InChI=1S/C23H21N3O2S2/c27-20(25-12-10-17-8-4-5-9-19(17)25)15-30-23-24-18-11-13-29-21(18)22(28)26(23)14-16-6-2-1-3-7-16/h1-9H,10-15H2.